The highest BCUT2D eigenvalue weighted by Gasteiger charge is 2.22. The van der Waals surface area contributed by atoms with Crippen molar-refractivity contribution < 1.29 is 72.2 Å². The largest absolute Gasteiger partial charge is 0.481 e. The highest BCUT2D eigenvalue weighted by atomic mass is 79.9. The predicted molar refractivity (Wildman–Crippen MR) is 299 cm³/mol. The molecule has 1 aliphatic heterocycles. The number of rotatable bonds is 18. The molecular weight excluding hydrogens is 1180 g/mol. The van der Waals surface area contributed by atoms with E-state index in [1.54, 1.807) is 0 Å². The standard InChI is InChI=1S/C26H40N4O8.2C9H9BrO2.C7H8O.C2H3BrO2.CH4/c1-35-23(31)17-27-9-11-28(18-24(32)36-2)13-15-30(16-14-29(12-10-27)19-25(33)37-3)20-26(34)38-21-22-7-5-4-6-8-22;2*10-6-9(11)12-7-8-4-2-1-3-5-8;8-6-7-4-2-1-3-5-7;3-1-2(4)5;/h4-8H,9-21H2,1-3H3;2*1-5H,6-7H2;1-5,8H,6H2;1H2,(H,4,5);1H4. The molecule has 19 nitrogen and oxygen atoms in total. The highest BCUT2D eigenvalue weighted by molar-refractivity contribution is 9.09. The number of methoxy groups -OCH3 is 3. The van der Waals surface area contributed by atoms with Crippen LogP contribution in [0.25, 0.3) is 0 Å². The molecular formula is C54H73Br3N4O15. The lowest BCUT2D eigenvalue weighted by molar-refractivity contribution is -0.147. The van der Waals surface area contributed by atoms with Crippen molar-refractivity contribution in [1.29, 1.82) is 0 Å². The summed E-state index contributed by atoms with van der Waals surface area (Å²) in [5.41, 5.74) is 3.88. The minimum absolute atomic E-state index is 0. The number of hydrogen-bond donors (Lipinski definition) is 2. The van der Waals surface area contributed by atoms with Gasteiger partial charge in [-0.05, 0) is 22.3 Å². The molecule has 1 fully saturated rings. The minimum Gasteiger partial charge on any atom is -0.481 e. The Morgan fingerprint density at radius 3 is 0.816 bits per heavy atom. The van der Waals surface area contributed by atoms with E-state index in [4.69, 9.17) is 38.6 Å². The SMILES string of the molecule is C.COC(=O)CN1CCN(CC(=O)OC)CCN(CC(=O)OCc2ccccc2)CCN(CC(=O)OC)CC1.O=C(CBr)OCc1ccccc1.O=C(CBr)OCc1ccccc1.O=C(O)CBr.OCc1ccccc1. The summed E-state index contributed by atoms with van der Waals surface area (Å²) in [5.74, 6) is -2.76. The summed E-state index contributed by atoms with van der Waals surface area (Å²) in [6.45, 7) is 5.30. The average molecular weight is 1260 g/mol. The third kappa shape index (κ3) is 37.2. The third-order valence-electron chi connectivity index (χ3n) is 10.1. The summed E-state index contributed by atoms with van der Waals surface area (Å²) >= 11 is 8.74. The minimum atomic E-state index is -0.829. The van der Waals surface area contributed by atoms with Gasteiger partial charge in [-0.2, -0.15) is 0 Å². The van der Waals surface area contributed by atoms with Gasteiger partial charge in [0.25, 0.3) is 0 Å². The molecule has 0 aliphatic carbocycles. The van der Waals surface area contributed by atoms with Crippen molar-refractivity contribution >= 4 is 89.6 Å². The molecule has 0 aromatic heterocycles. The van der Waals surface area contributed by atoms with E-state index in [1.165, 1.54) is 21.3 Å². The van der Waals surface area contributed by atoms with Crippen LogP contribution in [-0.4, -0.2) is 187 Å². The first-order valence-electron chi connectivity index (χ1n) is 23.4. The number of esters is 6. The fourth-order valence-corrected chi connectivity index (χ4v) is 6.38. The molecule has 76 heavy (non-hydrogen) atoms. The molecule has 0 radical (unpaired) electrons. The summed E-state index contributed by atoms with van der Waals surface area (Å²) in [6.07, 6.45) is 0. The second kappa shape index (κ2) is 45.6. The Kier molecular flexibility index (Phi) is 42.2. The van der Waals surface area contributed by atoms with Gasteiger partial charge in [-0.1, -0.05) is 177 Å². The van der Waals surface area contributed by atoms with Gasteiger partial charge in [0.15, 0.2) is 0 Å². The van der Waals surface area contributed by atoms with Crippen molar-refractivity contribution in [1.82, 2.24) is 19.6 Å². The van der Waals surface area contributed by atoms with E-state index in [1.807, 2.05) is 141 Å². The van der Waals surface area contributed by atoms with E-state index < -0.39 is 5.97 Å². The van der Waals surface area contributed by atoms with Crippen LogP contribution in [0, 0.1) is 0 Å². The molecule has 1 heterocycles. The predicted octanol–water partition coefficient (Wildman–Crippen LogP) is 6.00. The Hall–Kier alpha value is -5.59. The van der Waals surface area contributed by atoms with Crippen LogP contribution in [0.1, 0.15) is 29.7 Å². The molecule has 2 N–H and O–H groups in total. The number of carboxylic acids is 1. The number of aliphatic carboxylic acids is 1. The number of alkyl halides is 3. The average Bonchev–Trinajstić information content (AvgIpc) is 3.45. The van der Waals surface area contributed by atoms with Crippen LogP contribution in [0.2, 0.25) is 0 Å². The molecule has 5 rings (SSSR count). The van der Waals surface area contributed by atoms with E-state index in [2.05, 4.69) is 47.8 Å². The molecule has 0 bridgehead atoms. The number of carbonyl (C=O) groups is 7. The number of aliphatic hydroxyl groups is 1. The van der Waals surface area contributed by atoms with Crippen LogP contribution < -0.4 is 0 Å². The number of aliphatic hydroxyl groups excluding tert-OH is 1. The van der Waals surface area contributed by atoms with Gasteiger partial charge in [0.05, 0.1) is 54.1 Å². The van der Waals surface area contributed by atoms with Gasteiger partial charge in [-0.15, -0.1) is 0 Å². The normalized spacial score (nSPS) is 12.9. The molecule has 0 atom stereocenters. The Labute approximate surface area is 472 Å². The van der Waals surface area contributed by atoms with Crippen LogP contribution >= 0.6 is 47.8 Å². The number of hydrogen-bond acceptors (Lipinski definition) is 18. The zero-order chi connectivity index (χ0) is 55.5. The van der Waals surface area contributed by atoms with Gasteiger partial charge >= 0.3 is 41.8 Å². The molecule has 1 saturated heterocycles. The van der Waals surface area contributed by atoms with Crippen molar-refractivity contribution in [2.45, 2.75) is 33.9 Å². The summed E-state index contributed by atoms with van der Waals surface area (Å²) in [7, 11) is 4.02. The molecule has 420 valence electrons. The van der Waals surface area contributed by atoms with Crippen LogP contribution in [0.5, 0.6) is 0 Å². The van der Waals surface area contributed by atoms with Crippen LogP contribution in [0.4, 0.5) is 0 Å². The lowest BCUT2D eigenvalue weighted by atomic mass is 10.2. The molecule has 1 aliphatic rings. The van der Waals surface area contributed by atoms with Gasteiger partial charge in [0.2, 0.25) is 0 Å². The first-order valence-corrected chi connectivity index (χ1v) is 26.8. The van der Waals surface area contributed by atoms with E-state index >= 15 is 0 Å². The molecule has 4 aromatic rings. The maximum absolute atomic E-state index is 12.7. The van der Waals surface area contributed by atoms with Crippen LogP contribution in [-0.2, 0) is 88.4 Å². The van der Waals surface area contributed by atoms with Gasteiger partial charge < -0.3 is 38.6 Å². The fraction of sp³-hybridized carbons (Fsp3) is 0.426. The second-order valence-electron chi connectivity index (χ2n) is 15.7. The number of benzene rings is 4. The maximum Gasteiger partial charge on any atom is 0.320 e. The van der Waals surface area contributed by atoms with Crippen LogP contribution in [0.15, 0.2) is 121 Å². The lowest BCUT2D eigenvalue weighted by Crippen LogP contribution is -2.49. The first kappa shape index (κ1) is 70.4. The van der Waals surface area contributed by atoms with Gasteiger partial charge in [0, 0.05) is 52.4 Å². The maximum atomic E-state index is 12.7. The number of halogens is 3. The van der Waals surface area contributed by atoms with Crippen molar-refractivity contribution in [3.63, 3.8) is 0 Å². The quantitative estimate of drug-likeness (QED) is 0.0661. The third-order valence-corrected chi connectivity index (χ3v) is 11.5. The Morgan fingerprint density at radius 1 is 0.395 bits per heavy atom. The van der Waals surface area contributed by atoms with Gasteiger partial charge in [-0.25, -0.2) is 0 Å². The van der Waals surface area contributed by atoms with Gasteiger partial charge in [-0.3, -0.25) is 53.2 Å². The second-order valence-corrected chi connectivity index (χ2v) is 17.4. The molecule has 0 spiro atoms. The lowest BCUT2D eigenvalue weighted by Gasteiger charge is -2.33. The zero-order valence-corrected chi connectivity index (χ0v) is 47.4. The van der Waals surface area contributed by atoms with Crippen molar-refractivity contribution in [3.05, 3.63) is 144 Å². The smallest absolute Gasteiger partial charge is 0.320 e. The fourth-order valence-electron chi connectivity index (χ4n) is 6.06. The number of carboxylic acid groups (broad SMARTS) is 1. The number of ether oxygens (including phenoxy) is 6. The Morgan fingerprint density at radius 2 is 0.618 bits per heavy atom. The van der Waals surface area contributed by atoms with Crippen LogP contribution in [0.3, 0.4) is 0 Å². The zero-order valence-electron chi connectivity index (χ0n) is 42.6. The van der Waals surface area contributed by atoms with E-state index in [0.29, 0.717) is 65.6 Å². The van der Waals surface area contributed by atoms with E-state index in [-0.39, 0.29) is 98.6 Å². The van der Waals surface area contributed by atoms with E-state index in [0.717, 1.165) is 22.3 Å². The van der Waals surface area contributed by atoms with Crippen molar-refractivity contribution in [2.75, 3.05) is 116 Å². The van der Waals surface area contributed by atoms with Crippen molar-refractivity contribution in [3.8, 4) is 0 Å². The summed E-state index contributed by atoms with van der Waals surface area (Å²) in [6, 6.07) is 38.2. The highest BCUT2D eigenvalue weighted by Crippen LogP contribution is 2.06. The van der Waals surface area contributed by atoms with E-state index in [9.17, 15) is 33.6 Å². The molecule has 0 unspecified atom stereocenters. The Balaban J connectivity index is 0.00000118. The summed E-state index contributed by atoms with van der Waals surface area (Å²) < 4.78 is 29.8. The number of carbonyl (C=O) groups excluding carboxylic acids is 6. The molecule has 22 heteroatoms. The Bertz CT molecular complexity index is 2100. The molecule has 0 amide bonds. The summed E-state index contributed by atoms with van der Waals surface area (Å²) in [4.78, 5) is 87.2. The monoisotopic (exact) mass is 1250 g/mol. The topological polar surface area (TPSA) is 228 Å². The first-order chi connectivity index (χ1) is 36.2. The van der Waals surface area contributed by atoms with Gasteiger partial charge in [0.1, 0.15) is 35.8 Å². The molecule has 4 aromatic carbocycles. The molecule has 0 saturated carbocycles. The number of nitrogens with zero attached hydrogens (tertiary/aromatic N) is 4. The summed E-state index contributed by atoms with van der Waals surface area (Å²) in [5, 5.41) is 16.7. The van der Waals surface area contributed by atoms with Crippen molar-refractivity contribution in [2.24, 2.45) is 0 Å².